The van der Waals surface area contributed by atoms with Crippen LogP contribution in [0.1, 0.15) is 31.0 Å². The normalized spacial score (nSPS) is 13.2. The van der Waals surface area contributed by atoms with Gasteiger partial charge in [0, 0.05) is 17.2 Å². The lowest BCUT2D eigenvalue weighted by molar-refractivity contribution is 0.353. The van der Waals surface area contributed by atoms with Crippen molar-refractivity contribution in [1.82, 2.24) is 10.4 Å². The number of hydrogen-bond acceptors (Lipinski definition) is 4. The van der Waals surface area contributed by atoms with Crippen molar-refractivity contribution in [3.63, 3.8) is 0 Å². The van der Waals surface area contributed by atoms with Gasteiger partial charge < -0.3 is 5.73 Å². The van der Waals surface area contributed by atoms with Crippen molar-refractivity contribution in [1.29, 1.82) is 0 Å². The van der Waals surface area contributed by atoms with Crippen LogP contribution >= 0.6 is 0 Å². The van der Waals surface area contributed by atoms with E-state index in [1.807, 2.05) is 30.3 Å². The van der Waals surface area contributed by atoms with Gasteiger partial charge in [0.2, 0.25) is 0 Å². The van der Waals surface area contributed by atoms with Gasteiger partial charge in [-0.15, -0.1) is 0 Å². The minimum Gasteiger partial charge on any atom is -0.383 e. The van der Waals surface area contributed by atoms with E-state index >= 15 is 0 Å². The van der Waals surface area contributed by atoms with Gasteiger partial charge in [-0.05, 0) is 11.6 Å². The van der Waals surface area contributed by atoms with E-state index in [0.717, 1.165) is 5.56 Å². The molecule has 0 amide bonds. The van der Waals surface area contributed by atoms with Gasteiger partial charge in [-0.2, -0.15) is 0 Å². The monoisotopic (exact) mass is 256 g/mol. The van der Waals surface area contributed by atoms with E-state index in [9.17, 15) is 0 Å². The number of hydrazine groups is 1. The Labute approximate surface area is 113 Å². The van der Waals surface area contributed by atoms with Crippen LogP contribution in [0.3, 0.4) is 0 Å². The highest BCUT2D eigenvalue weighted by atomic mass is 15.2. The van der Waals surface area contributed by atoms with E-state index in [0.29, 0.717) is 5.82 Å². The molecule has 0 radical (unpaired) electrons. The third-order valence-corrected chi connectivity index (χ3v) is 3.59. The second-order valence-corrected chi connectivity index (χ2v) is 5.17. The van der Waals surface area contributed by atoms with Crippen molar-refractivity contribution in [2.24, 2.45) is 5.84 Å². The van der Waals surface area contributed by atoms with Crippen LogP contribution in [0.25, 0.3) is 0 Å². The van der Waals surface area contributed by atoms with E-state index in [-0.39, 0.29) is 11.5 Å². The quantitative estimate of drug-likeness (QED) is 0.578. The molecule has 0 bridgehead atoms. The van der Waals surface area contributed by atoms with Crippen LogP contribution in [-0.2, 0) is 5.41 Å². The molecule has 0 saturated heterocycles. The lowest BCUT2D eigenvalue weighted by Crippen LogP contribution is -2.41. The van der Waals surface area contributed by atoms with Crippen LogP contribution in [-0.4, -0.2) is 4.98 Å². The number of rotatable bonds is 4. The van der Waals surface area contributed by atoms with Crippen molar-refractivity contribution in [3.8, 4) is 0 Å². The van der Waals surface area contributed by atoms with Gasteiger partial charge in [0.25, 0.3) is 0 Å². The predicted molar refractivity (Wildman–Crippen MR) is 78.2 cm³/mol. The molecule has 2 rings (SSSR count). The summed E-state index contributed by atoms with van der Waals surface area (Å²) in [6, 6.07) is 14.0. The van der Waals surface area contributed by atoms with Gasteiger partial charge in [0.05, 0.1) is 6.04 Å². The molecule has 4 nitrogen and oxygen atoms in total. The smallest absolute Gasteiger partial charge is 0.128 e. The molecule has 0 aliphatic carbocycles. The standard InChI is InChI=1S/C15H20N4/c1-15(2,11-7-4-3-5-8-11)13(19-17)12-9-6-10-18-14(12)16/h3-10,13,19H,17H2,1-2H3,(H2,16,18). The summed E-state index contributed by atoms with van der Waals surface area (Å²) < 4.78 is 0. The maximum atomic E-state index is 5.97. The molecule has 2 aromatic rings. The fourth-order valence-electron chi connectivity index (χ4n) is 2.40. The topological polar surface area (TPSA) is 77.0 Å². The van der Waals surface area contributed by atoms with E-state index in [2.05, 4.69) is 36.4 Å². The highest BCUT2D eigenvalue weighted by molar-refractivity contribution is 5.44. The van der Waals surface area contributed by atoms with Gasteiger partial charge in [-0.3, -0.25) is 11.3 Å². The van der Waals surface area contributed by atoms with Crippen LogP contribution in [0.15, 0.2) is 48.7 Å². The molecular weight excluding hydrogens is 236 g/mol. The second kappa shape index (κ2) is 5.38. The molecule has 19 heavy (non-hydrogen) atoms. The summed E-state index contributed by atoms with van der Waals surface area (Å²) in [5, 5.41) is 0. The van der Waals surface area contributed by atoms with Gasteiger partial charge in [-0.25, -0.2) is 4.98 Å². The average Bonchev–Trinajstić information content (AvgIpc) is 2.42. The van der Waals surface area contributed by atoms with Gasteiger partial charge in [0.1, 0.15) is 5.82 Å². The Morgan fingerprint density at radius 3 is 2.37 bits per heavy atom. The lowest BCUT2D eigenvalue weighted by Gasteiger charge is -2.35. The second-order valence-electron chi connectivity index (χ2n) is 5.17. The maximum absolute atomic E-state index is 5.97. The Hall–Kier alpha value is -1.91. The largest absolute Gasteiger partial charge is 0.383 e. The molecule has 0 fully saturated rings. The Morgan fingerprint density at radius 1 is 1.11 bits per heavy atom. The van der Waals surface area contributed by atoms with Crippen molar-refractivity contribution in [2.45, 2.75) is 25.3 Å². The fourth-order valence-corrected chi connectivity index (χ4v) is 2.40. The molecule has 1 unspecified atom stereocenters. The summed E-state index contributed by atoms with van der Waals surface area (Å²) >= 11 is 0. The summed E-state index contributed by atoms with van der Waals surface area (Å²) in [5.74, 6) is 6.27. The minimum absolute atomic E-state index is 0.108. The molecule has 1 heterocycles. The average molecular weight is 256 g/mol. The fraction of sp³-hybridized carbons (Fsp3) is 0.267. The van der Waals surface area contributed by atoms with Crippen LogP contribution in [0.4, 0.5) is 5.82 Å². The van der Waals surface area contributed by atoms with Crippen LogP contribution in [0, 0.1) is 0 Å². The van der Waals surface area contributed by atoms with Crippen LogP contribution < -0.4 is 17.0 Å². The van der Waals surface area contributed by atoms with Gasteiger partial charge in [-0.1, -0.05) is 50.2 Å². The van der Waals surface area contributed by atoms with E-state index in [4.69, 9.17) is 11.6 Å². The molecule has 100 valence electrons. The molecule has 1 atom stereocenters. The first-order valence-electron chi connectivity index (χ1n) is 6.29. The summed E-state index contributed by atoms with van der Waals surface area (Å²) in [6.07, 6.45) is 1.68. The molecule has 5 N–H and O–H groups in total. The minimum atomic E-state index is -0.201. The van der Waals surface area contributed by atoms with E-state index in [1.165, 1.54) is 5.56 Å². The highest BCUT2D eigenvalue weighted by Crippen LogP contribution is 2.37. The van der Waals surface area contributed by atoms with Crippen molar-refractivity contribution >= 4 is 5.82 Å². The number of nitrogens with two attached hydrogens (primary N) is 2. The Balaban J connectivity index is 2.45. The number of anilines is 1. The zero-order valence-electron chi connectivity index (χ0n) is 11.3. The molecule has 0 aliphatic rings. The van der Waals surface area contributed by atoms with Crippen molar-refractivity contribution in [2.75, 3.05) is 5.73 Å². The zero-order valence-corrected chi connectivity index (χ0v) is 11.3. The van der Waals surface area contributed by atoms with Crippen LogP contribution in [0.2, 0.25) is 0 Å². The third-order valence-electron chi connectivity index (χ3n) is 3.59. The first-order chi connectivity index (χ1) is 9.07. The summed E-state index contributed by atoms with van der Waals surface area (Å²) in [4.78, 5) is 4.14. The summed E-state index contributed by atoms with van der Waals surface area (Å²) in [7, 11) is 0. The molecular formula is C15H20N4. The zero-order chi connectivity index (χ0) is 13.9. The molecule has 1 aromatic carbocycles. The maximum Gasteiger partial charge on any atom is 0.128 e. The third kappa shape index (κ3) is 2.59. The SMILES string of the molecule is CC(C)(c1ccccc1)C(NN)c1cccnc1N. The first-order valence-corrected chi connectivity index (χ1v) is 6.29. The van der Waals surface area contributed by atoms with Gasteiger partial charge in [0.15, 0.2) is 0 Å². The predicted octanol–water partition coefficient (Wildman–Crippen LogP) is 2.15. The van der Waals surface area contributed by atoms with Crippen molar-refractivity contribution in [3.05, 3.63) is 59.8 Å². The van der Waals surface area contributed by atoms with E-state index < -0.39 is 0 Å². The molecule has 4 heteroatoms. The summed E-state index contributed by atoms with van der Waals surface area (Å²) in [5.41, 5.74) is 10.8. The van der Waals surface area contributed by atoms with Crippen molar-refractivity contribution < 1.29 is 0 Å². The number of benzene rings is 1. The number of pyridine rings is 1. The number of nitrogens with zero attached hydrogens (tertiary/aromatic N) is 1. The Bertz CT molecular complexity index is 537. The number of aromatic nitrogens is 1. The molecule has 0 saturated carbocycles. The number of nitrogen functional groups attached to an aromatic ring is 1. The molecule has 1 aromatic heterocycles. The van der Waals surface area contributed by atoms with E-state index in [1.54, 1.807) is 6.20 Å². The first kappa shape index (κ1) is 13.5. The van der Waals surface area contributed by atoms with Gasteiger partial charge >= 0.3 is 0 Å². The lowest BCUT2D eigenvalue weighted by atomic mass is 9.75. The molecule has 0 spiro atoms. The Kier molecular flexibility index (Phi) is 3.83. The highest BCUT2D eigenvalue weighted by Gasteiger charge is 2.33. The number of nitrogens with one attached hydrogen (secondary N) is 1. The number of hydrogen-bond donors (Lipinski definition) is 3. The Morgan fingerprint density at radius 2 is 1.79 bits per heavy atom. The molecule has 0 aliphatic heterocycles. The van der Waals surface area contributed by atoms with Crippen LogP contribution in [0.5, 0.6) is 0 Å². The summed E-state index contributed by atoms with van der Waals surface area (Å²) in [6.45, 7) is 4.28.